The molecule has 0 amide bonds. The van der Waals surface area contributed by atoms with Gasteiger partial charge in [0, 0.05) is 11.0 Å². The van der Waals surface area contributed by atoms with Gasteiger partial charge >= 0.3 is 0 Å². The van der Waals surface area contributed by atoms with E-state index in [9.17, 15) is 0 Å². The Morgan fingerprint density at radius 2 is 2.00 bits per heavy atom. The molecule has 2 nitrogen and oxygen atoms in total. The zero-order valence-electron chi connectivity index (χ0n) is 9.58. The van der Waals surface area contributed by atoms with Gasteiger partial charge in [-0.15, -0.1) is 0 Å². The second kappa shape index (κ2) is 5.80. The van der Waals surface area contributed by atoms with Crippen LogP contribution in [-0.2, 0) is 13.0 Å². The molecule has 1 aliphatic rings. The van der Waals surface area contributed by atoms with Gasteiger partial charge in [0.25, 0.3) is 0 Å². The lowest BCUT2D eigenvalue weighted by Crippen LogP contribution is -2.18. The number of halogens is 1. The fourth-order valence-electron chi connectivity index (χ4n) is 2.25. The molecule has 16 heavy (non-hydrogen) atoms. The molecular weight excluding hydrogens is 264 g/mol. The third-order valence-electron chi connectivity index (χ3n) is 3.14. The highest BCUT2D eigenvalue weighted by Gasteiger charge is 2.12. The van der Waals surface area contributed by atoms with Crippen LogP contribution < -0.4 is 5.73 Å². The van der Waals surface area contributed by atoms with Crippen LogP contribution in [0, 0.1) is 0 Å². The van der Waals surface area contributed by atoms with Crippen molar-refractivity contribution in [2.45, 2.75) is 25.8 Å². The lowest BCUT2D eigenvalue weighted by atomic mass is 10.1. The smallest absolute Gasteiger partial charge is 0.0234 e. The van der Waals surface area contributed by atoms with Crippen molar-refractivity contribution >= 4 is 15.9 Å². The second-order valence-corrected chi connectivity index (χ2v) is 5.30. The summed E-state index contributed by atoms with van der Waals surface area (Å²) in [4.78, 5) is 2.52. The topological polar surface area (TPSA) is 29.3 Å². The van der Waals surface area contributed by atoms with Gasteiger partial charge in [0.15, 0.2) is 0 Å². The maximum absolute atomic E-state index is 5.57. The molecule has 0 aliphatic carbocycles. The molecule has 2 rings (SSSR count). The van der Waals surface area contributed by atoms with Crippen molar-refractivity contribution < 1.29 is 0 Å². The zero-order chi connectivity index (χ0) is 11.4. The van der Waals surface area contributed by atoms with E-state index in [1.807, 2.05) is 0 Å². The summed E-state index contributed by atoms with van der Waals surface area (Å²) in [5.74, 6) is 0. The van der Waals surface area contributed by atoms with Crippen LogP contribution in [-0.4, -0.2) is 24.5 Å². The molecule has 0 radical (unpaired) electrons. The predicted octanol–water partition coefficient (Wildman–Crippen LogP) is 2.55. The first-order valence-electron chi connectivity index (χ1n) is 5.99. The largest absolute Gasteiger partial charge is 0.330 e. The Bertz CT molecular complexity index is 346. The molecule has 1 fully saturated rings. The number of hydrogen-bond acceptors (Lipinski definition) is 2. The molecule has 1 aliphatic heterocycles. The Balaban J connectivity index is 2.02. The minimum absolute atomic E-state index is 0.712. The predicted molar refractivity (Wildman–Crippen MR) is 71.4 cm³/mol. The molecule has 2 N–H and O–H groups in total. The van der Waals surface area contributed by atoms with Gasteiger partial charge in [-0.25, -0.2) is 0 Å². The van der Waals surface area contributed by atoms with Crippen LogP contribution in [0.25, 0.3) is 0 Å². The van der Waals surface area contributed by atoms with Gasteiger partial charge in [-0.3, -0.25) is 4.90 Å². The SMILES string of the molecule is NCCc1ccc(CN2CCCC2)cc1Br. The molecule has 1 saturated heterocycles. The summed E-state index contributed by atoms with van der Waals surface area (Å²) in [6, 6.07) is 6.67. The Kier molecular flexibility index (Phi) is 4.38. The molecule has 0 saturated carbocycles. The lowest BCUT2D eigenvalue weighted by molar-refractivity contribution is 0.331. The molecule has 3 heteroatoms. The summed E-state index contributed by atoms with van der Waals surface area (Å²) in [5.41, 5.74) is 8.28. The van der Waals surface area contributed by atoms with Gasteiger partial charge in [-0.05, 0) is 56.1 Å². The number of hydrogen-bond donors (Lipinski definition) is 1. The van der Waals surface area contributed by atoms with E-state index in [1.54, 1.807) is 0 Å². The van der Waals surface area contributed by atoms with Crippen molar-refractivity contribution in [3.63, 3.8) is 0 Å². The molecule has 0 spiro atoms. The fourth-order valence-corrected chi connectivity index (χ4v) is 2.87. The van der Waals surface area contributed by atoms with E-state index in [2.05, 4.69) is 39.0 Å². The summed E-state index contributed by atoms with van der Waals surface area (Å²) in [7, 11) is 0. The Morgan fingerprint density at radius 1 is 1.25 bits per heavy atom. The van der Waals surface area contributed by atoms with E-state index in [4.69, 9.17) is 5.73 Å². The van der Waals surface area contributed by atoms with E-state index in [0.717, 1.165) is 13.0 Å². The number of nitrogens with zero attached hydrogens (tertiary/aromatic N) is 1. The third-order valence-corrected chi connectivity index (χ3v) is 3.87. The summed E-state index contributed by atoms with van der Waals surface area (Å²) >= 11 is 3.62. The van der Waals surface area contributed by atoms with E-state index >= 15 is 0 Å². The highest BCUT2D eigenvalue weighted by Crippen LogP contribution is 2.21. The van der Waals surface area contributed by atoms with Crippen molar-refractivity contribution in [3.05, 3.63) is 33.8 Å². The summed E-state index contributed by atoms with van der Waals surface area (Å²) in [6.07, 6.45) is 3.66. The van der Waals surface area contributed by atoms with Gasteiger partial charge in [-0.2, -0.15) is 0 Å². The van der Waals surface area contributed by atoms with Crippen LogP contribution in [0.15, 0.2) is 22.7 Å². The first kappa shape index (κ1) is 12.1. The summed E-state index contributed by atoms with van der Waals surface area (Å²) in [6.45, 7) is 4.30. The minimum atomic E-state index is 0.712. The van der Waals surface area contributed by atoms with E-state index in [-0.39, 0.29) is 0 Å². The van der Waals surface area contributed by atoms with Gasteiger partial charge in [0.05, 0.1) is 0 Å². The van der Waals surface area contributed by atoms with E-state index in [0.29, 0.717) is 6.54 Å². The monoisotopic (exact) mass is 282 g/mol. The fraction of sp³-hybridized carbons (Fsp3) is 0.538. The first-order valence-corrected chi connectivity index (χ1v) is 6.78. The van der Waals surface area contributed by atoms with Crippen molar-refractivity contribution in [1.29, 1.82) is 0 Å². The van der Waals surface area contributed by atoms with Crippen LogP contribution in [0.1, 0.15) is 24.0 Å². The standard InChI is InChI=1S/C13H19BrN2/c14-13-9-11(3-4-12(13)5-6-15)10-16-7-1-2-8-16/h3-4,9H,1-2,5-8,10,15H2. The molecule has 0 unspecified atom stereocenters. The molecule has 0 atom stereocenters. The molecule has 0 bridgehead atoms. The lowest BCUT2D eigenvalue weighted by Gasteiger charge is -2.15. The van der Waals surface area contributed by atoms with E-state index in [1.165, 1.54) is 41.5 Å². The van der Waals surface area contributed by atoms with Crippen molar-refractivity contribution in [2.24, 2.45) is 5.73 Å². The van der Waals surface area contributed by atoms with Gasteiger partial charge < -0.3 is 5.73 Å². The van der Waals surface area contributed by atoms with Gasteiger partial charge in [-0.1, -0.05) is 28.1 Å². The van der Waals surface area contributed by atoms with Gasteiger partial charge in [0.1, 0.15) is 0 Å². The minimum Gasteiger partial charge on any atom is -0.330 e. The first-order chi connectivity index (χ1) is 7.79. The van der Waals surface area contributed by atoms with Crippen molar-refractivity contribution in [1.82, 2.24) is 4.90 Å². The average molecular weight is 283 g/mol. The maximum atomic E-state index is 5.57. The normalized spacial score (nSPS) is 16.9. The Labute approximate surface area is 106 Å². The molecule has 88 valence electrons. The third kappa shape index (κ3) is 3.06. The number of benzene rings is 1. The molecule has 1 heterocycles. The van der Waals surface area contributed by atoms with E-state index < -0.39 is 0 Å². The van der Waals surface area contributed by atoms with Crippen LogP contribution in [0.4, 0.5) is 0 Å². The Hall–Kier alpha value is -0.380. The second-order valence-electron chi connectivity index (χ2n) is 4.45. The van der Waals surface area contributed by atoms with Crippen molar-refractivity contribution in [2.75, 3.05) is 19.6 Å². The van der Waals surface area contributed by atoms with Crippen LogP contribution >= 0.6 is 15.9 Å². The maximum Gasteiger partial charge on any atom is 0.0234 e. The van der Waals surface area contributed by atoms with Gasteiger partial charge in [0.2, 0.25) is 0 Å². The van der Waals surface area contributed by atoms with Crippen LogP contribution in [0.5, 0.6) is 0 Å². The summed E-state index contributed by atoms with van der Waals surface area (Å²) in [5, 5.41) is 0. The number of likely N-dealkylation sites (tertiary alicyclic amines) is 1. The van der Waals surface area contributed by atoms with Crippen LogP contribution in [0.3, 0.4) is 0 Å². The molecule has 0 aromatic heterocycles. The molecule has 1 aromatic rings. The zero-order valence-corrected chi connectivity index (χ0v) is 11.2. The average Bonchev–Trinajstić information content (AvgIpc) is 2.75. The van der Waals surface area contributed by atoms with Crippen LogP contribution in [0.2, 0.25) is 0 Å². The molecule has 1 aromatic carbocycles. The molecular formula is C13H19BrN2. The highest BCUT2D eigenvalue weighted by molar-refractivity contribution is 9.10. The summed E-state index contributed by atoms with van der Waals surface area (Å²) < 4.78 is 1.20. The Morgan fingerprint density at radius 3 is 2.62 bits per heavy atom. The number of nitrogens with two attached hydrogens (primary N) is 1. The quantitative estimate of drug-likeness (QED) is 0.920. The van der Waals surface area contributed by atoms with Crippen molar-refractivity contribution in [3.8, 4) is 0 Å². The number of rotatable bonds is 4. The highest BCUT2D eigenvalue weighted by atomic mass is 79.9.